The summed E-state index contributed by atoms with van der Waals surface area (Å²) in [7, 11) is -1.90. The molecule has 11 heteroatoms. The first-order valence-corrected chi connectivity index (χ1v) is 12.5. The highest BCUT2D eigenvalue weighted by Crippen LogP contribution is 2.23. The van der Waals surface area contributed by atoms with E-state index in [1.807, 2.05) is 0 Å². The average Bonchev–Trinajstić information content (AvgIpc) is 3.28. The van der Waals surface area contributed by atoms with Crippen LogP contribution in [0.1, 0.15) is 25.7 Å². The van der Waals surface area contributed by atoms with Gasteiger partial charge in [-0.1, -0.05) is 24.4 Å². The minimum atomic E-state index is -1.90. The number of nitrogens with one attached hydrogen (secondary N) is 2. The van der Waals surface area contributed by atoms with Crippen molar-refractivity contribution in [3.63, 3.8) is 0 Å². The van der Waals surface area contributed by atoms with Crippen LogP contribution >= 0.6 is 11.6 Å². The molecule has 34 heavy (non-hydrogen) atoms. The van der Waals surface area contributed by atoms with Gasteiger partial charge in [-0.3, -0.25) is 18.6 Å². The van der Waals surface area contributed by atoms with E-state index >= 15 is 0 Å². The number of rotatable bonds is 9. The minimum Gasteiger partial charge on any atom is -0.352 e. The maximum atomic E-state index is 13.6. The second-order valence-electron chi connectivity index (χ2n) is 7.91. The summed E-state index contributed by atoms with van der Waals surface area (Å²) in [6.45, 7) is -0.365. The average molecular weight is 512 g/mol. The molecule has 0 spiro atoms. The Morgan fingerprint density at radius 3 is 2.32 bits per heavy atom. The Bertz CT molecular complexity index is 1080. The van der Waals surface area contributed by atoms with Crippen LogP contribution in [0, 0.1) is 11.6 Å². The predicted octanol–water partition coefficient (Wildman–Crippen LogP) is 3.40. The number of nitrogens with zero attached hydrogens (tertiary/aromatic N) is 1. The van der Waals surface area contributed by atoms with Gasteiger partial charge in [-0.05, 0) is 55.3 Å². The van der Waals surface area contributed by atoms with Crippen molar-refractivity contribution in [1.29, 1.82) is 0 Å². The van der Waals surface area contributed by atoms with Gasteiger partial charge in [0.2, 0.25) is 17.7 Å². The lowest BCUT2D eigenvalue weighted by Crippen LogP contribution is -2.45. The molecule has 0 unspecified atom stereocenters. The Morgan fingerprint density at radius 1 is 1.00 bits per heavy atom. The molecule has 2 aromatic rings. The number of halogens is 3. The molecule has 182 valence electrons. The van der Waals surface area contributed by atoms with Crippen molar-refractivity contribution in [2.75, 3.05) is 28.3 Å². The molecule has 0 radical (unpaired) electrons. The zero-order valence-electron chi connectivity index (χ0n) is 18.2. The third-order valence-corrected chi connectivity index (χ3v) is 6.69. The van der Waals surface area contributed by atoms with Gasteiger partial charge in [-0.25, -0.2) is 8.78 Å². The lowest BCUT2D eigenvalue weighted by Gasteiger charge is -2.23. The summed E-state index contributed by atoms with van der Waals surface area (Å²) in [4.78, 5) is 38.7. The van der Waals surface area contributed by atoms with Crippen molar-refractivity contribution in [2.45, 2.75) is 31.7 Å². The van der Waals surface area contributed by atoms with E-state index in [1.165, 1.54) is 36.4 Å². The molecular formula is C23H24ClF2N3O4S. The Morgan fingerprint density at radius 2 is 1.68 bits per heavy atom. The zero-order chi connectivity index (χ0) is 24.7. The number of hydrogen-bond acceptors (Lipinski definition) is 4. The molecule has 1 aliphatic carbocycles. The summed E-state index contributed by atoms with van der Waals surface area (Å²) in [6, 6.07) is 8.64. The fourth-order valence-corrected chi connectivity index (χ4v) is 4.68. The van der Waals surface area contributed by atoms with Gasteiger partial charge in [0.15, 0.2) is 0 Å². The molecule has 0 bridgehead atoms. The van der Waals surface area contributed by atoms with Gasteiger partial charge >= 0.3 is 0 Å². The smallest absolute Gasteiger partial charge is 0.240 e. The highest BCUT2D eigenvalue weighted by molar-refractivity contribution is 7.86. The van der Waals surface area contributed by atoms with Crippen molar-refractivity contribution >= 4 is 51.5 Å². The van der Waals surface area contributed by atoms with Crippen LogP contribution in [0.5, 0.6) is 0 Å². The van der Waals surface area contributed by atoms with Gasteiger partial charge < -0.3 is 15.5 Å². The molecule has 0 saturated heterocycles. The van der Waals surface area contributed by atoms with Crippen molar-refractivity contribution in [1.82, 2.24) is 5.32 Å². The van der Waals surface area contributed by atoms with E-state index in [0.29, 0.717) is 5.69 Å². The van der Waals surface area contributed by atoms with Crippen LogP contribution in [0.25, 0.3) is 0 Å². The van der Waals surface area contributed by atoms with Crippen LogP contribution in [0.2, 0.25) is 5.02 Å². The molecule has 0 aliphatic heterocycles. The second-order valence-corrected chi connectivity index (χ2v) is 9.77. The zero-order valence-corrected chi connectivity index (χ0v) is 19.8. The minimum absolute atomic E-state index is 0.0329. The molecule has 1 aliphatic rings. The van der Waals surface area contributed by atoms with E-state index < -0.39 is 51.7 Å². The van der Waals surface area contributed by atoms with Gasteiger partial charge in [0.25, 0.3) is 0 Å². The van der Waals surface area contributed by atoms with Gasteiger partial charge in [-0.2, -0.15) is 0 Å². The van der Waals surface area contributed by atoms with Crippen LogP contribution in [0.3, 0.4) is 0 Å². The predicted molar refractivity (Wildman–Crippen MR) is 127 cm³/mol. The molecule has 2 N–H and O–H groups in total. The van der Waals surface area contributed by atoms with Gasteiger partial charge in [0.1, 0.15) is 29.7 Å². The second kappa shape index (κ2) is 12.0. The fraction of sp³-hybridized carbons (Fsp3) is 0.348. The lowest BCUT2D eigenvalue weighted by atomic mass is 10.2. The number of carbonyl (C=O) groups excluding carboxylic acids is 3. The topological polar surface area (TPSA) is 95.6 Å². The summed E-state index contributed by atoms with van der Waals surface area (Å²) in [5, 5.41) is 5.11. The first-order valence-electron chi connectivity index (χ1n) is 10.7. The normalized spacial score (nSPS) is 14.4. The summed E-state index contributed by atoms with van der Waals surface area (Å²) >= 11 is 5.85. The van der Waals surface area contributed by atoms with Crippen LogP contribution < -0.4 is 15.5 Å². The molecule has 0 aromatic heterocycles. The van der Waals surface area contributed by atoms with Gasteiger partial charge in [0, 0.05) is 28.2 Å². The number of anilines is 2. The third-order valence-electron chi connectivity index (χ3n) is 5.24. The van der Waals surface area contributed by atoms with Crippen molar-refractivity contribution < 1.29 is 27.4 Å². The van der Waals surface area contributed by atoms with Crippen LogP contribution in [-0.2, 0) is 25.2 Å². The molecule has 0 heterocycles. The Kier molecular flexibility index (Phi) is 9.12. The van der Waals surface area contributed by atoms with Crippen LogP contribution in [-0.4, -0.2) is 46.0 Å². The number of benzene rings is 2. The Balaban J connectivity index is 1.64. The van der Waals surface area contributed by atoms with Crippen LogP contribution in [0.15, 0.2) is 42.5 Å². The molecule has 2 aromatic carbocycles. The molecular weight excluding hydrogens is 488 g/mol. The summed E-state index contributed by atoms with van der Waals surface area (Å²) in [5.74, 6) is -3.87. The Labute approximate surface area is 203 Å². The summed E-state index contributed by atoms with van der Waals surface area (Å²) in [5.41, 5.74) is 0.492. The highest BCUT2D eigenvalue weighted by Gasteiger charge is 2.25. The highest BCUT2D eigenvalue weighted by atomic mass is 35.5. The Hall–Kier alpha value is -2.85. The van der Waals surface area contributed by atoms with Gasteiger partial charge in [-0.15, -0.1) is 0 Å². The summed E-state index contributed by atoms with van der Waals surface area (Å²) < 4.78 is 39.1. The van der Waals surface area contributed by atoms with E-state index in [2.05, 4.69) is 10.6 Å². The molecule has 1 atom stereocenters. The molecule has 3 amide bonds. The number of amides is 3. The SMILES string of the molecule is O=C(C[S@@](=O)CC(=O)N(CC(=O)NC1CCCC1)c1ccc(F)c(Cl)c1)Nc1ccc(F)cc1. The van der Waals surface area contributed by atoms with Crippen molar-refractivity contribution in [3.05, 3.63) is 59.1 Å². The first-order chi connectivity index (χ1) is 16.2. The largest absolute Gasteiger partial charge is 0.352 e. The monoisotopic (exact) mass is 511 g/mol. The van der Waals surface area contributed by atoms with Crippen molar-refractivity contribution in [3.8, 4) is 0 Å². The number of carbonyl (C=O) groups is 3. The van der Waals surface area contributed by atoms with E-state index in [-0.39, 0.29) is 23.3 Å². The fourth-order valence-electron chi connectivity index (χ4n) is 3.61. The van der Waals surface area contributed by atoms with E-state index in [1.54, 1.807) is 0 Å². The quantitative estimate of drug-likeness (QED) is 0.539. The summed E-state index contributed by atoms with van der Waals surface area (Å²) in [6.07, 6.45) is 3.74. The van der Waals surface area contributed by atoms with E-state index in [0.717, 1.165) is 36.6 Å². The molecule has 1 fully saturated rings. The first kappa shape index (κ1) is 25.8. The van der Waals surface area contributed by atoms with E-state index in [9.17, 15) is 27.4 Å². The number of hydrogen-bond donors (Lipinski definition) is 2. The maximum Gasteiger partial charge on any atom is 0.240 e. The van der Waals surface area contributed by atoms with E-state index in [4.69, 9.17) is 11.6 Å². The van der Waals surface area contributed by atoms with Crippen LogP contribution in [0.4, 0.5) is 20.2 Å². The van der Waals surface area contributed by atoms with Gasteiger partial charge in [0.05, 0.1) is 5.02 Å². The lowest BCUT2D eigenvalue weighted by molar-refractivity contribution is -0.123. The van der Waals surface area contributed by atoms with Crippen molar-refractivity contribution in [2.24, 2.45) is 0 Å². The molecule has 7 nitrogen and oxygen atoms in total. The maximum absolute atomic E-state index is 13.6. The molecule has 3 rings (SSSR count). The molecule has 1 saturated carbocycles. The third kappa shape index (κ3) is 7.59. The standard InChI is InChI=1S/C23H24ClF2N3O4S/c24-19-11-18(9-10-20(19)26)29(12-21(30)27-16-3-1-2-4-16)23(32)14-34(33)13-22(31)28-17-7-5-15(25)6-8-17/h5-11,16H,1-4,12-14H2,(H,27,30)(H,28,31)/t34-/m1/s1.